The van der Waals surface area contributed by atoms with Crippen molar-refractivity contribution in [1.82, 2.24) is 0 Å². The third kappa shape index (κ3) is 2.66. The molecule has 0 spiro atoms. The molecule has 0 aliphatic heterocycles. The summed E-state index contributed by atoms with van der Waals surface area (Å²) in [6.07, 6.45) is 0. The summed E-state index contributed by atoms with van der Waals surface area (Å²) in [6, 6.07) is 7.91. The molecule has 0 aromatic heterocycles. The van der Waals surface area contributed by atoms with Gasteiger partial charge in [-0.1, -0.05) is 0 Å². The molecule has 2 nitrogen and oxygen atoms in total. The fraction of sp³-hybridized carbons (Fsp3) is 0.143. The lowest BCUT2D eigenvalue weighted by atomic mass is 10.3. The first kappa shape index (κ1) is 9.37. The Kier molecular flexibility index (Phi) is 3.70. The van der Waals surface area contributed by atoms with Gasteiger partial charge in [-0.05, 0) is 24.3 Å². The molecule has 0 amide bonds. The van der Waals surface area contributed by atoms with E-state index in [0.717, 1.165) is 5.75 Å². The Morgan fingerprint density at radius 3 is 2.18 bits per heavy atom. The summed E-state index contributed by atoms with van der Waals surface area (Å²) in [5.74, 6) is 0.882. The minimum atomic E-state index is 0.882. The summed E-state index contributed by atoms with van der Waals surface area (Å²) in [6.45, 7) is 0. The molecule has 0 bridgehead atoms. The number of nitrogens with zero attached hydrogens (tertiary/aromatic N) is 1. The predicted molar refractivity (Wildman–Crippen MR) is 63.5 cm³/mol. The van der Waals surface area contributed by atoms with E-state index < -0.39 is 0 Å². The van der Waals surface area contributed by atoms with Gasteiger partial charge < -0.3 is 6.18 Å². The van der Waals surface area contributed by atoms with Crippen molar-refractivity contribution in [3.63, 3.8) is 0 Å². The first-order valence-electron chi connectivity index (χ1n) is 3.02. The molecule has 0 unspecified atom stereocenters. The molecular weight excluding hydrogens is 368 g/mol. The Labute approximate surface area is 94.1 Å². The predicted octanol–water partition coefficient (Wildman–Crippen LogP) is 3.20. The van der Waals surface area contributed by atoms with E-state index in [4.69, 9.17) is 3.07 Å². The van der Waals surface area contributed by atoms with Gasteiger partial charge in [-0.25, -0.2) is 0 Å². The van der Waals surface area contributed by atoms with Gasteiger partial charge in [0.1, 0.15) is 5.75 Å². The van der Waals surface area contributed by atoms with Gasteiger partial charge in [0.25, 0.3) is 0 Å². The Morgan fingerprint density at radius 2 is 1.82 bits per heavy atom. The van der Waals surface area contributed by atoms with Crippen LogP contribution in [0.15, 0.2) is 24.3 Å². The number of halogens is 2. The molecule has 0 atom stereocenters. The number of rotatable bonds is 2. The zero-order valence-electron chi connectivity index (χ0n) is 5.92. The van der Waals surface area contributed by atoms with Crippen molar-refractivity contribution in [3.8, 4) is 5.75 Å². The normalized spacial score (nSPS) is 9.36. The highest BCUT2D eigenvalue weighted by Crippen LogP contribution is 2.21. The molecule has 1 aromatic rings. The molecule has 0 saturated carbocycles. The average molecular weight is 375 g/mol. The average Bonchev–Trinajstić information content (AvgIpc) is 2.05. The Balaban J connectivity index is 2.83. The summed E-state index contributed by atoms with van der Waals surface area (Å²) in [5.41, 5.74) is 1.17. The van der Waals surface area contributed by atoms with Crippen LogP contribution >= 0.6 is 45.9 Å². The number of benzene rings is 1. The third-order valence-corrected chi connectivity index (χ3v) is 2.35. The molecular formula is C7H7I2NO. The van der Waals surface area contributed by atoms with Crippen LogP contribution in [-0.2, 0) is 0 Å². The monoisotopic (exact) mass is 375 g/mol. The first-order valence-corrected chi connectivity index (χ1v) is 4.87. The lowest BCUT2D eigenvalue weighted by molar-refractivity contribution is 0.717. The molecule has 60 valence electrons. The van der Waals surface area contributed by atoms with Gasteiger partial charge in [0.15, 0.2) is 23.0 Å². The van der Waals surface area contributed by atoms with Crippen LogP contribution in [-0.4, -0.2) is 7.05 Å². The topological polar surface area (TPSA) is 12.5 Å². The highest BCUT2D eigenvalue weighted by atomic mass is 127. The second-order valence-electron chi connectivity index (χ2n) is 2.05. The van der Waals surface area contributed by atoms with Gasteiger partial charge in [-0.15, -0.1) is 0 Å². The molecule has 0 fully saturated rings. The second kappa shape index (κ2) is 4.34. The largest absolute Gasteiger partial charge is 0.428 e. The lowest BCUT2D eigenvalue weighted by Gasteiger charge is -2.08. The minimum absolute atomic E-state index is 0.882. The highest BCUT2D eigenvalue weighted by Gasteiger charge is 1.95. The Morgan fingerprint density at radius 1 is 1.27 bits per heavy atom. The van der Waals surface area contributed by atoms with Gasteiger partial charge in [0.2, 0.25) is 0 Å². The van der Waals surface area contributed by atoms with Crippen LogP contribution in [0.4, 0.5) is 5.69 Å². The van der Waals surface area contributed by atoms with Gasteiger partial charge in [-0.3, -0.25) is 0 Å². The van der Waals surface area contributed by atoms with Crippen LogP contribution in [0.1, 0.15) is 0 Å². The number of hydrogen-bond acceptors (Lipinski definition) is 2. The zero-order chi connectivity index (χ0) is 8.27. The maximum absolute atomic E-state index is 5.00. The van der Waals surface area contributed by atoms with Crippen molar-refractivity contribution < 1.29 is 3.07 Å². The minimum Gasteiger partial charge on any atom is -0.428 e. The maximum atomic E-state index is 5.00. The standard InChI is InChI=1S/C7H7I2NO/c1-10(8)6-2-4-7(11-9)5-3-6/h2-5H,1H3. The third-order valence-electron chi connectivity index (χ3n) is 1.28. The zero-order valence-corrected chi connectivity index (χ0v) is 10.2. The van der Waals surface area contributed by atoms with E-state index in [9.17, 15) is 0 Å². The highest BCUT2D eigenvalue weighted by molar-refractivity contribution is 14.1. The maximum Gasteiger partial charge on any atom is 0.192 e. The van der Waals surface area contributed by atoms with Crippen molar-refractivity contribution in [2.45, 2.75) is 0 Å². The summed E-state index contributed by atoms with van der Waals surface area (Å²) in [7, 11) is 2.00. The molecule has 0 N–H and O–H groups in total. The second-order valence-corrected chi connectivity index (χ2v) is 3.94. The number of hydrogen-bond donors (Lipinski definition) is 0. The van der Waals surface area contributed by atoms with Gasteiger partial charge >= 0.3 is 0 Å². The molecule has 1 aromatic carbocycles. The Hall–Kier alpha value is 0.280. The molecule has 0 radical (unpaired) electrons. The van der Waals surface area contributed by atoms with E-state index in [1.807, 2.05) is 57.4 Å². The van der Waals surface area contributed by atoms with E-state index in [2.05, 4.69) is 22.9 Å². The summed E-state index contributed by atoms with van der Waals surface area (Å²) < 4.78 is 7.02. The molecule has 0 saturated heterocycles. The van der Waals surface area contributed by atoms with E-state index in [0.29, 0.717) is 0 Å². The summed E-state index contributed by atoms with van der Waals surface area (Å²) in [4.78, 5) is 0. The Bertz CT molecular complexity index is 222. The molecule has 0 aliphatic carbocycles. The fourth-order valence-corrected chi connectivity index (χ4v) is 1.32. The van der Waals surface area contributed by atoms with Crippen molar-refractivity contribution in [2.24, 2.45) is 0 Å². The van der Waals surface area contributed by atoms with E-state index in [1.54, 1.807) is 0 Å². The van der Waals surface area contributed by atoms with Crippen LogP contribution < -0.4 is 6.18 Å². The SMILES string of the molecule is CN(I)c1ccc(OI)cc1. The van der Waals surface area contributed by atoms with Gasteiger partial charge in [-0.2, -0.15) is 0 Å². The van der Waals surface area contributed by atoms with Crippen LogP contribution in [0.3, 0.4) is 0 Å². The molecule has 11 heavy (non-hydrogen) atoms. The van der Waals surface area contributed by atoms with Gasteiger partial charge in [0, 0.05) is 12.7 Å². The quantitative estimate of drug-likeness (QED) is 0.582. The van der Waals surface area contributed by atoms with Crippen molar-refractivity contribution >= 4 is 51.6 Å². The molecule has 4 heteroatoms. The number of anilines is 1. The fourth-order valence-electron chi connectivity index (χ4n) is 0.703. The van der Waals surface area contributed by atoms with Crippen LogP contribution in [0.25, 0.3) is 0 Å². The van der Waals surface area contributed by atoms with Crippen LogP contribution in [0, 0.1) is 0 Å². The summed E-state index contributed by atoms with van der Waals surface area (Å²) >= 11 is 4.09. The molecule has 1 rings (SSSR count). The van der Waals surface area contributed by atoms with Crippen molar-refractivity contribution in [1.29, 1.82) is 0 Å². The van der Waals surface area contributed by atoms with E-state index >= 15 is 0 Å². The van der Waals surface area contributed by atoms with Crippen LogP contribution in [0.5, 0.6) is 5.75 Å². The molecule has 0 heterocycles. The smallest absolute Gasteiger partial charge is 0.192 e. The van der Waals surface area contributed by atoms with Crippen molar-refractivity contribution in [2.75, 3.05) is 10.2 Å². The first-order chi connectivity index (χ1) is 5.24. The van der Waals surface area contributed by atoms with Crippen LogP contribution in [0.2, 0.25) is 0 Å². The van der Waals surface area contributed by atoms with E-state index in [-0.39, 0.29) is 0 Å². The van der Waals surface area contributed by atoms with E-state index in [1.165, 1.54) is 5.69 Å². The summed E-state index contributed by atoms with van der Waals surface area (Å²) in [5, 5.41) is 0. The lowest BCUT2D eigenvalue weighted by Crippen LogP contribution is -1.97. The van der Waals surface area contributed by atoms with Crippen molar-refractivity contribution in [3.05, 3.63) is 24.3 Å². The molecule has 0 aliphatic rings. The van der Waals surface area contributed by atoms with Gasteiger partial charge in [0.05, 0.1) is 22.9 Å².